The van der Waals surface area contributed by atoms with E-state index in [0.29, 0.717) is 37.4 Å². The van der Waals surface area contributed by atoms with Gasteiger partial charge in [0.1, 0.15) is 17.3 Å². The summed E-state index contributed by atoms with van der Waals surface area (Å²) < 4.78 is 35.3. The topological polar surface area (TPSA) is 49.8 Å². The number of nitrogens with zero attached hydrogens (tertiary/aromatic N) is 1. The molecular formula is C22H25F2NO3S. The summed E-state index contributed by atoms with van der Waals surface area (Å²) in [7, 11) is 1.70. The molecule has 29 heavy (non-hydrogen) atoms. The Morgan fingerprint density at radius 3 is 2.38 bits per heavy atom. The second-order valence-corrected chi connectivity index (χ2v) is 8.99. The number of carboxylic acid groups (broad SMARTS) is 1. The summed E-state index contributed by atoms with van der Waals surface area (Å²) in [5.74, 6) is -1.35. The first kappa shape index (κ1) is 20.3. The fourth-order valence-corrected chi connectivity index (χ4v) is 5.32. The smallest absolute Gasteiger partial charge is 0.303 e. The lowest BCUT2D eigenvalue weighted by Gasteiger charge is -2.33. The number of piperidine rings is 1. The molecule has 1 aromatic carbocycles. The van der Waals surface area contributed by atoms with Gasteiger partial charge in [0.15, 0.2) is 0 Å². The van der Waals surface area contributed by atoms with Gasteiger partial charge >= 0.3 is 5.97 Å². The van der Waals surface area contributed by atoms with Crippen LogP contribution in [-0.4, -0.2) is 31.3 Å². The predicted molar refractivity (Wildman–Crippen MR) is 109 cm³/mol. The highest BCUT2D eigenvalue weighted by atomic mass is 32.1. The number of rotatable bonds is 7. The van der Waals surface area contributed by atoms with E-state index < -0.39 is 17.6 Å². The van der Waals surface area contributed by atoms with Crippen molar-refractivity contribution in [1.82, 2.24) is 0 Å². The molecule has 1 unspecified atom stereocenters. The highest BCUT2D eigenvalue weighted by Gasteiger charge is 2.33. The molecule has 4 nitrogen and oxygen atoms in total. The Hall–Kier alpha value is -1.99. The number of carboxylic acids is 1. The molecule has 4 rings (SSSR count). The van der Waals surface area contributed by atoms with Crippen molar-refractivity contribution in [2.45, 2.75) is 38.2 Å². The number of thiophene rings is 1. The van der Waals surface area contributed by atoms with Gasteiger partial charge in [-0.2, -0.15) is 0 Å². The molecule has 2 aromatic rings. The summed E-state index contributed by atoms with van der Waals surface area (Å²) in [6, 6.07) is 4.77. The average Bonchev–Trinajstić information content (AvgIpc) is 3.39. The number of methoxy groups -OCH3 is 1. The summed E-state index contributed by atoms with van der Waals surface area (Å²) in [6.07, 6.45) is 3.75. The van der Waals surface area contributed by atoms with Crippen molar-refractivity contribution in [3.63, 3.8) is 0 Å². The van der Waals surface area contributed by atoms with Crippen molar-refractivity contribution in [3.8, 4) is 11.1 Å². The van der Waals surface area contributed by atoms with E-state index in [-0.39, 0.29) is 24.1 Å². The van der Waals surface area contributed by atoms with Crippen LogP contribution in [0.25, 0.3) is 11.1 Å². The molecule has 0 bridgehead atoms. The van der Waals surface area contributed by atoms with Crippen molar-refractivity contribution in [1.29, 1.82) is 0 Å². The lowest BCUT2D eigenvalue weighted by molar-refractivity contribution is -0.138. The lowest BCUT2D eigenvalue weighted by Crippen LogP contribution is -2.35. The Morgan fingerprint density at radius 1 is 1.17 bits per heavy atom. The Morgan fingerprint density at radius 2 is 1.83 bits per heavy atom. The van der Waals surface area contributed by atoms with Crippen LogP contribution in [0.3, 0.4) is 0 Å². The van der Waals surface area contributed by atoms with E-state index in [1.807, 2.05) is 11.4 Å². The summed E-state index contributed by atoms with van der Waals surface area (Å²) in [5.41, 5.74) is 1.32. The van der Waals surface area contributed by atoms with Crippen LogP contribution in [0.15, 0.2) is 23.6 Å². The number of carbonyl (C=O) groups is 1. The summed E-state index contributed by atoms with van der Waals surface area (Å²) in [5, 5.41) is 10.8. The number of hydrogen-bond donors (Lipinski definition) is 1. The Balaban J connectivity index is 1.51. The average molecular weight is 422 g/mol. The number of ether oxygens (including phenoxy) is 1. The summed E-state index contributed by atoms with van der Waals surface area (Å²) in [4.78, 5) is 13.6. The van der Waals surface area contributed by atoms with Crippen LogP contribution in [0.4, 0.5) is 14.5 Å². The molecule has 1 aliphatic carbocycles. The molecule has 0 spiro atoms. The molecule has 1 atom stereocenters. The second kappa shape index (κ2) is 8.40. The normalized spacial score (nSPS) is 18.8. The molecule has 1 saturated carbocycles. The lowest BCUT2D eigenvalue weighted by atomic mass is 9.93. The van der Waals surface area contributed by atoms with Gasteiger partial charge in [-0.1, -0.05) is 0 Å². The third-order valence-electron chi connectivity index (χ3n) is 5.95. The van der Waals surface area contributed by atoms with Crippen LogP contribution in [0, 0.1) is 23.5 Å². The number of halogens is 2. The van der Waals surface area contributed by atoms with Gasteiger partial charge < -0.3 is 14.7 Å². The zero-order valence-corrected chi connectivity index (χ0v) is 17.2. The second-order valence-electron chi connectivity index (χ2n) is 8.05. The summed E-state index contributed by atoms with van der Waals surface area (Å²) in [6.45, 7) is 0.926. The van der Waals surface area contributed by atoms with Crippen molar-refractivity contribution >= 4 is 23.0 Å². The van der Waals surface area contributed by atoms with Crippen LogP contribution in [0.1, 0.15) is 43.1 Å². The van der Waals surface area contributed by atoms with Gasteiger partial charge in [-0.15, -0.1) is 11.3 Å². The standard InChI is InChI=1S/C22H25F2NO3S/c1-28-22(14-2-3-14)19-11-16(12-29-19)15-9-17(23)21(18(24)10-15)25-6-4-13(5-7-25)8-20(26)27/h9-14,22H,2-8H2,1H3,(H,26,27). The largest absolute Gasteiger partial charge is 0.481 e. The first-order valence-corrected chi connectivity index (χ1v) is 10.9. The third kappa shape index (κ3) is 4.46. The Bertz CT molecular complexity index is 865. The van der Waals surface area contributed by atoms with E-state index in [4.69, 9.17) is 9.84 Å². The minimum absolute atomic E-state index is 0.00859. The maximum absolute atomic E-state index is 14.9. The van der Waals surface area contributed by atoms with Crippen LogP contribution in [0.5, 0.6) is 0 Å². The predicted octanol–water partition coefficient (Wildman–Crippen LogP) is 5.48. The SMILES string of the molecule is COC(c1cc(-c2cc(F)c(N3CCC(CC(=O)O)CC3)c(F)c2)cs1)C1CC1. The van der Waals surface area contributed by atoms with E-state index >= 15 is 0 Å². The maximum atomic E-state index is 14.9. The van der Waals surface area contributed by atoms with Crippen LogP contribution < -0.4 is 4.90 Å². The summed E-state index contributed by atoms with van der Waals surface area (Å²) >= 11 is 1.57. The Kier molecular flexibility index (Phi) is 5.88. The number of anilines is 1. The zero-order valence-electron chi connectivity index (χ0n) is 16.4. The molecule has 0 radical (unpaired) electrons. The van der Waals surface area contributed by atoms with Crippen LogP contribution >= 0.6 is 11.3 Å². The van der Waals surface area contributed by atoms with Gasteiger partial charge in [0.05, 0.1) is 6.10 Å². The van der Waals surface area contributed by atoms with Gasteiger partial charge in [-0.3, -0.25) is 4.79 Å². The molecule has 1 aromatic heterocycles. The number of aliphatic carboxylic acids is 1. The van der Waals surface area contributed by atoms with E-state index in [1.54, 1.807) is 23.3 Å². The minimum Gasteiger partial charge on any atom is -0.481 e. The number of hydrogen-bond acceptors (Lipinski definition) is 4. The number of benzene rings is 1. The van der Waals surface area contributed by atoms with Gasteiger partial charge in [0, 0.05) is 31.5 Å². The first-order valence-electron chi connectivity index (χ1n) is 10.0. The fourth-order valence-electron chi connectivity index (χ4n) is 4.24. The van der Waals surface area contributed by atoms with E-state index in [1.165, 1.54) is 12.1 Å². The molecule has 1 N–H and O–H groups in total. The molecule has 1 aliphatic heterocycles. The van der Waals surface area contributed by atoms with E-state index in [9.17, 15) is 13.6 Å². The van der Waals surface area contributed by atoms with Crippen molar-refractivity contribution < 1.29 is 23.4 Å². The highest BCUT2D eigenvalue weighted by molar-refractivity contribution is 7.10. The third-order valence-corrected chi connectivity index (χ3v) is 6.94. The monoisotopic (exact) mass is 421 g/mol. The van der Waals surface area contributed by atoms with Crippen molar-refractivity contribution in [2.24, 2.45) is 11.8 Å². The molecule has 2 heterocycles. The molecule has 7 heteroatoms. The maximum Gasteiger partial charge on any atom is 0.303 e. The van der Waals surface area contributed by atoms with Gasteiger partial charge in [-0.05, 0) is 72.2 Å². The van der Waals surface area contributed by atoms with E-state index in [0.717, 1.165) is 23.3 Å². The van der Waals surface area contributed by atoms with Crippen LogP contribution in [-0.2, 0) is 9.53 Å². The molecular weight excluding hydrogens is 396 g/mol. The fraction of sp³-hybridized carbons (Fsp3) is 0.500. The van der Waals surface area contributed by atoms with Gasteiger partial charge in [-0.25, -0.2) is 8.78 Å². The van der Waals surface area contributed by atoms with E-state index in [2.05, 4.69) is 0 Å². The first-order chi connectivity index (χ1) is 14.0. The molecule has 1 saturated heterocycles. The molecule has 156 valence electrons. The Labute approximate surface area is 173 Å². The van der Waals surface area contributed by atoms with Gasteiger partial charge in [0.2, 0.25) is 0 Å². The van der Waals surface area contributed by atoms with Crippen molar-refractivity contribution in [3.05, 3.63) is 40.1 Å². The van der Waals surface area contributed by atoms with Crippen LogP contribution in [0.2, 0.25) is 0 Å². The van der Waals surface area contributed by atoms with Gasteiger partial charge in [0.25, 0.3) is 0 Å². The molecule has 2 fully saturated rings. The molecule has 0 amide bonds. The minimum atomic E-state index is -0.822. The van der Waals surface area contributed by atoms with Crippen molar-refractivity contribution in [2.75, 3.05) is 25.1 Å². The highest BCUT2D eigenvalue weighted by Crippen LogP contribution is 2.45. The quantitative estimate of drug-likeness (QED) is 0.643. The molecule has 2 aliphatic rings. The zero-order chi connectivity index (χ0) is 20.5.